The van der Waals surface area contributed by atoms with Gasteiger partial charge in [-0.1, -0.05) is 66.7 Å². The number of hydrogen-bond donors (Lipinski definition) is 5. The zero-order valence-electron chi connectivity index (χ0n) is 38.0. The number of anilines is 1. The minimum absolute atomic E-state index is 0.0730. The standard InChI is InChI=1S/C50H57Cl2FN8O7/c1-58-38-24-28(10-15-36(38)61(48(58)68)37-16-17-40(62)56-44(37)63)18-21-60-23-22-59(27-39(60)46(65)66)26-29-8-12-31(13-9-29)54-45(64)43-41(32-6-5-7-34(52)42(32)53)50(49(57-43)19-3-2-4-20-49)33-14-11-30(51)25-35(33)55-47(50)67/h5-7,10-11,14-15,24-25,29,31,37,39,41,43,57H,2-4,8-9,12-13,16-23,26-27H2,1H3,(H,54,64)(H,55,67)(H,65,66)(H,56,62,63)/t29?,31?,37?,39-,41-,43+,50+/m0/s1. The largest absolute Gasteiger partial charge is 0.480 e. The number of carbonyl (C=O) groups is 5. The van der Waals surface area contributed by atoms with Crippen molar-refractivity contribution >= 4 is 69.5 Å². The Bertz CT molecular complexity index is 2770. The number of amides is 4. The Labute approximate surface area is 403 Å². The van der Waals surface area contributed by atoms with E-state index in [1.807, 2.05) is 29.2 Å². The van der Waals surface area contributed by atoms with Crippen LogP contribution in [-0.2, 0) is 42.9 Å². The summed E-state index contributed by atoms with van der Waals surface area (Å²) in [6.07, 6.45) is 8.08. The first-order chi connectivity index (χ1) is 32.7. The minimum atomic E-state index is -1.31. The highest BCUT2D eigenvalue weighted by Gasteiger charge is 2.72. The second kappa shape index (κ2) is 18.3. The molecule has 0 bridgehead atoms. The molecule has 5 N–H and O–H groups in total. The molecule has 15 nitrogen and oxygen atoms in total. The molecule has 2 saturated carbocycles. The number of benzene rings is 3. The normalized spacial score (nSPS) is 28.5. The number of aromatic nitrogens is 2. The van der Waals surface area contributed by atoms with Gasteiger partial charge in [0.25, 0.3) is 0 Å². The van der Waals surface area contributed by atoms with Crippen LogP contribution in [0, 0.1) is 11.7 Å². The van der Waals surface area contributed by atoms with E-state index in [0.29, 0.717) is 78.7 Å². The molecule has 5 fully saturated rings. The van der Waals surface area contributed by atoms with Crippen molar-refractivity contribution in [2.75, 3.05) is 38.0 Å². The van der Waals surface area contributed by atoms with Crippen molar-refractivity contribution in [3.05, 3.63) is 97.6 Å². The van der Waals surface area contributed by atoms with Crippen LogP contribution in [0.2, 0.25) is 10.0 Å². The fourth-order valence-electron chi connectivity index (χ4n) is 13.0. The van der Waals surface area contributed by atoms with Crippen molar-refractivity contribution in [1.82, 2.24) is 34.9 Å². The smallest absolute Gasteiger partial charge is 0.329 e. The lowest BCUT2D eigenvalue weighted by molar-refractivity contribution is -0.146. The van der Waals surface area contributed by atoms with Gasteiger partial charge in [-0.15, -0.1) is 0 Å². The number of carboxylic acid groups (broad SMARTS) is 1. The molecule has 6 aliphatic rings. The number of rotatable bonds is 10. The number of imide groups is 1. The van der Waals surface area contributed by atoms with Gasteiger partial charge in [0.2, 0.25) is 23.6 Å². The molecule has 1 aromatic heterocycles. The van der Waals surface area contributed by atoms with Crippen LogP contribution in [-0.4, -0.2) is 110 Å². The highest BCUT2D eigenvalue weighted by Crippen LogP contribution is 2.63. The van der Waals surface area contributed by atoms with E-state index in [-0.39, 0.29) is 52.9 Å². The molecule has 5 atom stereocenters. The van der Waals surface area contributed by atoms with Gasteiger partial charge in [0.15, 0.2) is 0 Å². The Morgan fingerprint density at radius 2 is 1.69 bits per heavy atom. The lowest BCUT2D eigenvalue weighted by Crippen LogP contribution is -2.60. The summed E-state index contributed by atoms with van der Waals surface area (Å²) in [5.41, 5.74) is 1.24. The maximum Gasteiger partial charge on any atom is 0.329 e. The third kappa shape index (κ3) is 7.93. The monoisotopic (exact) mass is 970 g/mol. The van der Waals surface area contributed by atoms with E-state index < -0.39 is 52.7 Å². The molecule has 2 aliphatic carbocycles. The summed E-state index contributed by atoms with van der Waals surface area (Å²) < 4.78 is 19.3. The Hall–Kier alpha value is -5.13. The Morgan fingerprint density at radius 3 is 2.44 bits per heavy atom. The topological polar surface area (TPSA) is 187 Å². The van der Waals surface area contributed by atoms with Crippen molar-refractivity contribution in [2.24, 2.45) is 13.0 Å². The molecule has 18 heteroatoms. The van der Waals surface area contributed by atoms with Crippen LogP contribution >= 0.6 is 23.2 Å². The van der Waals surface area contributed by atoms with Gasteiger partial charge >= 0.3 is 11.7 Å². The summed E-state index contributed by atoms with van der Waals surface area (Å²) >= 11 is 12.9. The van der Waals surface area contributed by atoms with Crippen molar-refractivity contribution in [3.8, 4) is 0 Å². The van der Waals surface area contributed by atoms with E-state index in [1.54, 1.807) is 31.3 Å². The second-order valence-electron chi connectivity index (χ2n) is 20.0. The van der Waals surface area contributed by atoms with Crippen LogP contribution in [0.5, 0.6) is 0 Å². The third-order valence-electron chi connectivity index (χ3n) is 16.2. The van der Waals surface area contributed by atoms with Crippen LogP contribution in [0.25, 0.3) is 11.0 Å². The van der Waals surface area contributed by atoms with Crippen LogP contribution in [0.4, 0.5) is 10.1 Å². The maximum atomic E-state index is 16.4. The van der Waals surface area contributed by atoms with Crippen LogP contribution in [0.15, 0.2) is 59.4 Å². The number of carboxylic acids is 1. The van der Waals surface area contributed by atoms with Crippen LogP contribution in [0.1, 0.15) is 99.3 Å². The summed E-state index contributed by atoms with van der Waals surface area (Å²) in [4.78, 5) is 84.1. The number of piperazine rings is 1. The number of fused-ring (bicyclic) bond motifs is 4. The van der Waals surface area contributed by atoms with Crippen molar-refractivity contribution in [2.45, 2.75) is 118 Å². The SMILES string of the molecule is Cn1c(=O)n(C2CCC(=O)NC2=O)c2ccc(CCN3CCN(CC4CCC(NC(=O)[C@@H]5NC6(CCCCC6)[C@@]6(C(=O)Nc7cc(Cl)ccc76)[C@H]5c5cccc(Cl)c5F)CC4)C[C@H]3C(=O)O)cc21. The van der Waals surface area contributed by atoms with E-state index >= 15 is 4.39 Å². The van der Waals surface area contributed by atoms with Crippen molar-refractivity contribution in [3.63, 3.8) is 0 Å². The van der Waals surface area contributed by atoms with Gasteiger partial charge in [-0.25, -0.2) is 9.18 Å². The van der Waals surface area contributed by atoms with Gasteiger partial charge in [0.1, 0.15) is 23.3 Å². The zero-order chi connectivity index (χ0) is 47.6. The molecule has 4 aromatic rings. The Kier molecular flexibility index (Phi) is 12.6. The summed E-state index contributed by atoms with van der Waals surface area (Å²) in [6.45, 7) is 2.93. The third-order valence-corrected chi connectivity index (χ3v) is 16.8. The zero-order valence-corrected chi connectivity index (χ0v) is 39.5. The molecule has 4 aliphatic heterocycles. The predicted octanol–water partition coefficient (Wildman–Crippen LogP) is 5.40. The molecule has 1 unspecified atom stereocenters. The van der Waals surface area contributed by atoms with Crippen LogP contribution < -0.4 is 27.0 Å². The molecular weight excluding hydrogens is 915 g/mol. The molecular formula is C50H57Cl2FN8O7. The number of imidazole rings is 1. The molecule has 3 aromatic carbocycles. The molecule has 2 spiro atoms. The van der Waals surface area contributed by atoms with Crippen molar-refractivity contribution < 1.29 is 33.5 Å². The molecule has 3 saturated heterocycles. The average molecular weight is 972 g/mol. The number of nitrogens with zero attached hydrogens (tertiary/aromatic N) is 4. The molecule has 68 heavy (non-hydrogen) atoms. The quantitative estimate of drug-likeness (QED) is 0.129. The van der Waals surface area contributed by atoms with E-state index in [1.165, 1.54) is 15.2 Å². The summed E-state index contributed by atoms with van der Waals surface area (Å²) in [6, 6.07) is 13.2. The number of aryl methyl sites for hydroxylation is 1. The highest BCUT2D eigenvalue weighted by atomic mass is 35.5. The summed E-state index contributed by atoms with van der Waals surface area (Å²) in [5, 5.41) is 23.3. The van der Waals surface area contributed by atoms with Gasteiger partial charge < -0.3 is 15.7 Å². The summed E-state index contributed by atoms with van der Waals surface area (Å²) in [7, 11) is 1.66. The Balaban J connectivity index is 0.784. The lowest BCUT2D eigenvalue weighted by atomic mass is 9.55. The predicted molar refractivity (Wildman–Crippen MR) is 254 cm³/mol. The highest BCUT2D eigenvalue weighted by molar-refractivity contribution is 6.31. The minimum Gasteiger partial charge on any atom is -0.480 e. The second-order valence-corrected chi connectivity index (χ2v) is 20.8. The molecule has 0 radical (unpaired) electrons. The van der Waals surface area contributed by atoms with Gasteiger partial charge in [0, 0.05) is 74.4 Å². The van der Waals surface area contributed by atoms with Crippen LogP contribution in [0.3, 0.4) is 0 Å². The number of halogens is 3. The first kappa shape index (κ1) is 46.6. The number of piperidine rings is 1. The summed E-state index contributed by atoms with van der Waals surface area (Å²) in [5.74, 6) is -3.50. The van der Waals surface area contributed by atoms with Gasteiger partial charge in [-0.2, -0.15) is 0 Å². The number of hydrogen-bond acceptors (Lipinski definition) is 9. The molecule has 4 amide bonds. The average Bonchev–Trinajstić information content (AvgIpc) is 3.87. The molecule has 5 heterocycles. The maximum absolute atomic E-state index is 16.4. The Morgan fingerprint density at radius 1 is 0.912 bits per heavy atom. The molecule has 360 valence electrons. The fraction of sp³-hybridized carbons (Fsp3) is 0.520. The van der Waals surface area contributed by atoms with E-state index in [9.17, 15) is 33.9 Å². The molecule has 10 rings (SSSR count). The van der Waals surface area contributed by atoms with E-state index in [0.717, 1.165) is 57.1 Å². The van der Waals surface area contributed by atoms with Crippen molar-refractivity contribution in [1.29, 1.82) is 0 Å². The first-order valence-electron chi connectivity index (χ1n) is 24.1. The lowest BCUT2D eigenvalue weighted by Gasteiger charge is -2.47. The van der Waals surface area contributed by atoms with E-state index in [2.05, 4.69) is 26.2 Å². The van der Waals surface area contributed by atoms with E-state index in [4.69, 9.17) is 23.2 Å². The first-order valence-corrected chi connectivity index (χ1v) is 24.8. The van der Waals surface area contributed by atoms with Gasteiger partial charge in [-0.05, 0) is 104 Å². The number of carbonyl (C=O) groups excluding carboxylic acids is 4. The van der Waals surface area contributed by atoms with Gasteiger partial charge in [0.05, 0.1) is 22.1 Å². The van der Waals surface area contributed by atoms with Gasteiger partial charge in [-0.3, -0.25) is 53.5 Å². The number of aliphatic carboxylic acids is 1. The number of nitrogens with one attached hydrogen (secondary N) is 4. The fourth-order valence-corrected chi connectivity index (χ4v) is 13.3.